The van der Waals surface area contributed by atoms with Gasteiger partial charge in [0.25, 0.3) is 0 Å². The number of ether oxygens (including phenoxy) is 2. The van der Waals surface area contributed by atoms with Crippen molar-refractivity contribution in [1.82, 2.24) is 19.2 Å². The molecule has 6 nitrogen and oxygen atoms in total. The molecule has 1 aliphatic heterocycles. The molecule has 2 aromatic rings. The molecule has 0 saturated carbocycles. The van der Waals surface area contributed by atoms with Crippen LogP contribution in [0, 0.1) is 10.6 Å². The first-order chi connectivity index (χ1) is 11.7. The topological polar surface area (TPSA) is 44.5 Å². The molecular formula is C16H21FN4O2S. The minimum atomic E-state index is -0.237. The molecule has 1 aromatic carbocycles. The maximum atomic E-state index is 13.1. The molecule has 0 aliphatic carbocycles. The third-order valence-corrected chi connectivity index (χ3v) is 4.50. The quantitative estimate of drug-likeness (QED) is 0.746. The van der Waals surface area contributed by atoms with Gasteiger partial charge < -0.3 is 14.0 Å². The van der Waals surface area contributed by atoms with Gasteiger partial charge in [0, 0.05) is 26.7 Å². The Balaban J connectivity index is 1.64. The minimum absolute atomic E-state index is 0.0656. The number of halogens is 1. The Morgan fingerprint density at radius 2 is 2.17 bits per heavy atom. The molecule has 1 saturated heterocycles. The second kappa shape index (κ2) is 7.98. The number of aromatic nitrogens is 3. The summed E-state index contributed by atoms with van der Waals surface area (Å²) in [5.74, 6) is -0.237. The van der Waals surface area contributed by atoms with Crippen LogP contribution in [0.4, 0.5) is 4.39 Å². The molecule has 2 heterocycles. The summed E-state index contributed by atoms with van der Waals surface area (Å²) >= 11 is 5.45. The second-order valence-corrected chi connectivity index (χ2v) is 6.09. The van der Waals surface area contributed by atoms with Crippen molar-refractivity contribution in [2.24, 2.45) is 0 Å². The lowest BCUT2D eigenvalue weighted by Gasteiger charge is -2.32. The molecule has 0 bridgehead atoms. The van der Waals surface area contributed by atoms with Gasteiger partial charge >= 0.3 is 0 Å². The maximum absolute atomic E-state index is 13.1. The van der Waals surface area contributed by atoms with Crippen LogP contribution < -0.4 is 0 Å². The maximum Gasteiger partial charge on any atom is 0.198 e. The Hall–Kier alpha value is -1.61. The highest BCUT2D eigenvalue weighted by atomic mass is 32.1. The van der Waals surface area contributed by atoms with Gasteiger partial charge in [-0.2, -0.15) is 5.10 Å². The molecular weight excluding hydrogens is 331 g/mol. The summed E-state index contributed by atoms with van der Waals surface area (Å²) in [7, 11) is 1.66. The Bertz CT molecular complexity index is 716. The van der Waals surface area contributed by atoms with Gasteiger partial charge in [-0.1, -0.05) is 12.1 Å². The van der Waals surface area contributed by atoms with Crippen LogP contribution >= 0.6 is 12.2 Å². The average molecular weight is 352 g/mol. The summed E-state index contributed by atoms with van der Waals surface area (Å²) in [5, 5.41) is 4.36. The lowest BCUT2D eigenvalue weighted by atomic mass is 10.1. The third kappa shape index (κ3) is 4.07. The summed E-state index contributed by atoms with van der Waals surface area (Å²) < 4.78 is 28.3. The van der Waals surface area contributed by atoms with E-state index >= 15 is 0 Å². The molecule has 1 aliphatic rings. The molecule has 1 unspecified atom stereocenters. The zero-order chi connectivity index (χ0) is 16.9. The van der Waals surface area contributed by atoms with Crippen molar-refractivity contribution in [3.05, 3.63) is 46.7 Å². The van der Waals surface area contributed by atoms with Crippen LogP contribution in [0.1, 0.15) is 11.7 Å². The highest BCUT2D eigenvalue weighted by molar-refractivity contribution is 7.71. The molecule has 0 radical (unpaired) electrons. The molecule has 1 fully saturated rings. The third-order valence-electron chi connectivity index (χ3n) is 4.06. The largest absolute Gasteiger partial charge is 0.383 e. The predicted octanol–water partition coefficient (Wildman–Crippen LogP) is 2.23. The van der Waals surface area contributed by atoms with Crippen molar-refractivity contribution < 1.29 is 13.9 Å². The number of benzene rings is 1. The molecule has 130 valence electrons. The van der Waals surface area contributed by atoms with Crippen LogP contribution in [-0.2, 0) is 22.7 Å². The van der Waals surface area contributed by atoms with E-state index in [-0.39, 0.29) is 11.9 Å². The van der Waals surface area contributed by atoms with E-state index in [0.29, 0.717) is 31.2 Å². The molecule has 3 rings (SSSR count). The van der Waals surface area contributed by atoms with E-state index in [2.05, 4.69) is 10.00 Å². The molecule has 8 heteroatoms. The Morgan fingerprint density at radius 1 is 1.38 bits per heavy atom. The van der Waals surface area contributed by atoms with Crippen LogP contribution in [0.5, 0.6) is 0 Å². The van der Waals surface area contributed by atoms with Crippen molar-refractivity contribution in [2.45, 2.75) is 19.3 Å². The summed E-state index contributed by atoms with van der Waals surface area (Å²) in [6, 6.07) is 6.47. The Kier molecular flexibility index (Phi) is 5.72. The van der Waals surface area contributed by atoms with Gasteiger partial charge in [0.1, 0.15) is 12.1 Å². The van der Waals surface area contributed by atoms with E-state index in [1.807, 2.05) is 4.57 Å². The zero-order valence-electron chi connectivity index (χ0n) is 13.6. The van der Waals surface area contributed by atoms with Crippen LogP contribution in [0.2, 0.25) is 0 Å². The summed E-state index contributed by atoms with van der Waals surface area (Å²) in [6.45, 7) is 4.06. The van der Waals surface area contributed by atoms with E-state index in [9.17, 15) is 4.39 Å². The van der Waals surface area contributed by atoms with E-state index in [0.717, 1.165) is 18.7 Å². The number of hydrogen-bond donors (Lipinski definition) is 0. The predicted molar refractivity (Wildman–Crippen MR) is 89.6 cm³/mol. The highest BCUT2D eigenvalue weighted by Gasteiger charge is 2.22. The SMILES string of the molecule is COCCn1cnn(CN2CCOC(c3ccc(F)cc3)C2)c1=S. The number of nitrogens with zero attached hydrogens (tertiary/aromatic N) is 4. The first kappa shape index (κ1) is 17.2. The molecule has 0 N–H and O–H groups in total. The van der Waals surface area contributed by atoms with Gasteiger partial charge in [-0.15, -0.1) is 0 Å². The number of rotatable bonds is 6. The van der Waals surface area contributed by atoms with Crippen molar-refractivity contribution in [1.29, 1.82) is 0 Å². The van der Waals surface area contributed by atoms with Gasteiger partial charge in [-0.3, -0.25) is 4.90 Å². The summed E-state index contributed by atoms with van der Waals surface area (Å²) in [6.07, 6.45) is 1.67. The van der Waals surface area contributed by atoms with Crippen molar-refractivity contribution in [3.8, 4) is 0 Å². The molecule has 1 atom stereocenters. The van der Waals surface area contributed by atoms with Gasteiger partial charge in [-0.05, 0) is 29.9 Å². The minimum Gasteiger partial charge on any atom is -0.383 e. The fourth-order valence-electron chi connectivity index (χ4n) is 2.71. The molecule has 24 heavy (non-hydrogen) atoms. The number of hydrogen-bond acceptors (Lipinski definition) is 5. The van der Waals surface area contributed by atoms with Gasteiger partial charge in [0.2, 0.25) is 0 Å². The normalized spacial score (nSPS) is 18.8. The van der Waals surface area contributed by atoms with E-state index in [1.54, 1.807) is 30.3 Å². The smallest absolute Gasteiger partial charge is 0.198 e. The monoisotopic (exact) mass is 352 g/mol. The lowest BCUT2D eigenvalue weighted by Crippen LogP contribution is -2.39. The fraction of sp³-hybridized carbons (Fsp3) is 0.500. The fourth-order valence-corrected chi connectivity index (χ4v) is 2.95. The van der Waals surface area contributed by atoms with Crippen molar-refractivity contribution in [2.75, 3.05) is 33.4 Å². The van der Waals surface area contributed by atoms with E-state index in [4.69, 9.17) is 21.7 Å². The molecule has 0 amide bonds. The van der Waals surface area contributed by atoms with Gasteiger partial charge in [0.15, 0.2) is 4.77 Å². The Labute approximate surface area is 145 Å². The number of methoxy groups -OCH3 is 1. The number of morpholine rings is 1. The lowest BCUT2D eigenvalue weighted by molar-refractivity contribution is -0.0419. The van der Waals surface area contributed by atoms with Gasteiger partial charge in [0.05, 0.1) is 26.0 Å². The van der Waals surface area contributed by atoms with Crippen molar-refractivity contribution in [3.63, 3.8) is 0 Å². The van der Waals surface area contributed by atoms with Gasteiger partial charge in [-0.25, -0.2) is 9.07 Å². The average Bonchev–Trinajstić information content (AvgIpc) is 2.94. The van der Waals surface area contributed by atoms with Crippen LogP contribution in [0.15, 0.2) is 30.6 Å². The molecule has 1 aromatic heterocycles. The summed E-state index contributed by atoms with van der Waals surface area (Å²) in [4.78, 5) is 2.24. The van der Waals surface area contributed by atoms with Crippen LogP contribution in [0.25, 0.3) is 0 Å². The second-order valence-electron chi connectivity index (χ2n) is 5.73. The first-order valence-corrected chi connectivity index (χ1v) is 8.29. The van der Waals surface area contributed by atoms with E-state index in [1.165, 1.54) is 12.1 Å². The highest BCUT2D eigenvalue weighted by Crippen LogP contribution is 2.22. The first-order valence-electron chi connectivity index (χ1n) is 7.88. The summed E-state index contributed by atoms with van der Waals surface area (Å²) in [5.41, 5.74) is 0.982. The van der Waals surface area contributed by atoms with Crippen LogP contribution in [-0.4, -0.2) is 52.7 Å². The molecule has 0 spiro atoms. The Morgan fingerprint density at radius 3 is 2.92 bits per heavy atom. The van der Waals surface area contributed by atoms with E-state index < -0.39 is 0 Å². The van der Waals surface area contributed by atoms with Crippen molar-refractivity contribution >= 4 is 12.2 Å². The van der Waals surface area contributed by atoms with Crippen LogP contribution in [0.3, 0.4) is 0 Å². The zero-order valence-corrected chi connectivity index (χ0v) is 14.4. The standard InChI is InChI=1S/C16H21FN4O2S/c1-22-8-7-20-11-18-21(16(20)24)12-19-6-9-23-15(10-19)13-2-4-14(17)5-3-13/h2-5,11,15H,6-10,12H2,1H3.